The molecule has 0 aromatic carbocycles. The monoisotopic (exact) mass is 262 g/mol. The molecular formula is C14H22N4O. The molecule has 5 nitrogen and oxygen atoms in total. The molecule has 1 atom stereocenters. The summed E-state index contributed by atoms with van der Waals surface area (Å²) >= 11 is 0. The van der Waals surface area contributed by atoms with Gasteiger partial charge in [0.1, 0.15) is 0 Å². The highest BCUT2D eigenvalue weighted by atomic mass is 16.2. The van der Waals surface area contributed by atoms with Crippen molar-refractivity contribution < 1.29 is 4.79 Å². The lowest BCUT2D eigenvalue weighted by Gasteiger charge is -2.23. The first-order valence-corrected chi connectivity index (χ1v) is 7.25. The molecule has 3 N–H and O–H groups in total. The maximum atomic E-state index is 12.2. The van der Waals surface area contributed by atoms with Crippen molar-refractivity contribution in [1.82, 2.24) is 20.6 Å². The fourth-order valence-electron chi connectivity index (χ4n) is 2.97. The number of hydrogen-bond donors (Lipinski definition) is 3. The van der Waals surface area contributed by atoms with E-state index in [0.717, 1.165) is 17.9 Å². The van der Waals surface area contributed by atoms with Gasteiger partial charge in [0.15, 0.2) is 0 Å². The van der Waals surface area contributed by atoms with Crippen LogP contribution in [-0.4, -0.2) is 28.5 Å². The third-order valence-electron chi connectivity index (χ3n) is 4.42. The second-order valence-corrected chi connectivity index (χ2v) is 5.93. The Morgan fingerprint density at radius 3 is 3.16 bits per heavy atom. The predicted molar refractivity (Wildman–Crippen MR) is 72.5 cm³/mol. The molecule has 1 aromatic rings. The average Bonchev–Trinajstić information content (AvgIpc) is 3.02. The minimum Gasteiger partial charge on any atom is -0.354 e. The van der Waals surface area contributed by atoms with Crippen molar-refractivity contribution in [3.8, 4) is 0 Å². The summed E-state index contributed by atoms with van der Waals surface area (Å²) < 4.78 is 0. The molecule has 0 saturated heterocycles. The van der Waals surface area contributed by atoms with Crippen LogP contribution in [-0.2, 0) is 17.8 Å². The van der Waals surface area contributed by atoms with E-state index in [1.165, 1.54) is 25.7 Å². The van der Waals surface area contributed by atoms with Crippen molar-refractivity contribution >= 4 is 5.91 Å². The van der Waals surface area contributed by atoms with Gasteiger partial charge < -0.3 is 10.3 Å². The van der Waals surface area contributed by atoms with Crippen LogP contribution in [0.25, 0.3) is 0 Å². The van der Waals surface area contributed by atoms with Crippen LogP contribution in [0.3, 0.4) is 0 Å². The number of aromatic amines is 1. The van der Waals surface area contributed by atoms with Crippen LogP contribution >= 0.6 is 0 Å². The highest BCUT2D eigenvalue weighted by Crippen LogP contribution is 2.48. The number of carbonyl (C=O) groups is 1. The van der Waals surface area contributed by atoms with Gasteiger partial charge in [0.05, 0.1) is 23.8 Å². The molecule has 0 spiro atoms. The second kappa shape index (κ2) is 4.96. The first-order chi connectivity index (χ1) is 9.22. The molecule has 3 rings (SSSR count). The Bertz CT molecular complexity index is 464. The van der Waals surface area contributed by atoms with E-state index in [4.69, 9.17) is 0 Å². The van der Waals surface area contributed by atoms with Gasteiger partial charge in [-0.15, -0.1) is 0 Å². The first-order valence-electron chi connectivity index (χ1n) is 7.25. The van der Waals surface area contributed by atoms with Crippen LogP contribution in [0.4, 0.5) is 0 Å². The number of nitrogens with zero attached hydrogens (tertiary/aromatic N) is 1. The molecular weight excluding hydrogens is 240 g/mol. The van der Waals surface area contributed by atoms with Crippen molar-refractivity contribution in [2.45, 2.75) is 51.6 Å². The summed E-state index contributed by atoms with van der Waals surface area (Å²) in [6, 6.07) is -0.131. The zero-order chi connectivity index (χ0) is 13.3. The van der Waals surface area contributed by atoms with Crippen LogP contribution < -0.4 is 10.6 Å². The average molecular weight is 262 g/mol. The van der Waals surface area contributed by atoms with Crippen molar-refractivity contribution in [3.63, 3.8) is 0 Å². The molecule has 1 amide bonds. The number of aromatic nitrogens is 2. The van der Waals surface area contributed by atoms with E-state index in [1.807, 2.05) is 0 Å². The van der Waals surface area contributed by atoms with Gasteiger partial charge in [0.2, 0.25) is 5.91 Å². The molecule has 5 heteroatoms. The smallest absolute Gasteiger partial charge is 0.237 e. The lowest BCUT2D eigenvalue weighted by atomic mass is 10.00. The third kappa shape index (κ3) is 2.66. The Morgan fingerprint density at radius 1 is 1.58 bits per heavy atom. The third-order valence-corrected chi connectivity index (χ3v) is 4.42. The van der Waals surface area contributed by atoms with Gasteiger partial charge >= 0.3 is 0 Å². The maximum absolute atomic E-state index is 12.2. The molecule has 19 heavy (non-hydrogen) atoms. The van der Waals surface area contributed by atoms with E-state index in [1.54, 1.807) is 6.33 Å². The fraction of sp³-hybridized carbons (Fsp3) is 0.714. The van der Waals surface area contributed by atoms with E-state index in [2.05, 4.69) is 27.5 Å². The highest BCUT2D eigenvalue weighted by molar-refractivity contribution is 5.82. The number of amides is 1. The number of hydrogen-bond acceptors (Lipinski definition) is 3. The fourth-order valence-corrected chi connectivity index (χ4v) is 2.97. The summed E-state index contributed by atoms with van der Waals surface area (Å²) in [7, 11) is 0. The Balaban J connectivity index is 1.52. The minimum absolute atomic E-state index is 0.121. The van der Waals surface area contributed by atoms with E-state index < -0.39 is 0 Å². The van der Waals surface area contributed by atoms with Gasteiger partial charge in [-0.2, -0.15) is 0 Å². The van der Waals surface area contributed by atoms with Crippen molar-refractivity contribution in [2.24, 2.45) is 5.41 Å². The standard InChI is InChI=1S/C14H22N4O/c1-2-3-14(4-5-14)8-16-13(19)11-6-10-12(7-15-11)18-9-17-10/h9,11,15H,2-8H2,1H3,(H,16,19)(H,17,18). The number of H-pyrrole nitrogens is 1. The zero-order valence-electron chi connectivity index (χ0n) is 11.5. The van der Waals surface area contributed by atoms with Crippen molar-refractivity contribution in [2.75, 3.05) is 6.54 Å². The molecule has 0 bridgehead atoms. The van der Waals surface area contributed by atoms with Crippen LogP contribution in [0.2, 0.25) is 0 Å². The molecule has 2 heterocycles. The maximum Gasteiger partial charge on any atom is 0.237 e. The molecule has 1 fully saturated rings. The summed E-state index contributed by atoms with van der Waals surface area (Å²) in [5, 5.41) is 6.39. The summed E-state index contributed by atoms with van der Waals surface area (Å²) in [4.78, 5) is 19.6. The van der Waals surface area contributed by atoms with E-state index in [-0.39, 0.29) is 11.9 Å². The number of rotatable bonds is 5. The number of carbonyl (C=O) groups excluding carboxylic acids is 1. The predicted octanol–water partition coefficient (Wildman–Crippen LogP) is 1.12. The van der Waals surface area contributed by atoms with E-state index >= 15 is 0 Å². The van der Waals surface area contributed by atoms with E-state index in [0.29, 0.717) is 18.4 Å². The molecule has 1 aliphatic carbocycles. The van der Waals surface area contributed by atoms with Gasteiger partial charge in [-0.3, -0.25) is 10.1 Å². The molecule has 1 saturated carbocycles. The summed E-state index contributed by atoms with van der Waals surface area (Å²) in [5.74, 6) is 0.121. The van der Waals surface area contributed by atoms with Gasteiger partial charge in [-0.25, -0.2) is 4.98 Å². The second-order valence-electron chi connectivity index (χ2n) is 5.93. The highest BCUT2D eigenvalue weighted by Gasteiger charge is 2.41. The largest absolute Gasteiger partial charge is 0.354 e. The number of fused-ring (bicyclic) bond motifs is 1. The summed E-state index contributed by atoms with van der Waals surface area (Å²) in [6.45, 7) is 3.75. The quantitative estimate of drug-likeness (QED) is 0.745. The Kier molecular flexibility index (Phi) is 3.31. The van der Waals surface area contributed by atoms with Crippen molar-refractivity contribution in [1.29, 1.82) is 0 Å². The molecule has 1 aromatic heterocycles. The summed E-state index contributed by atoms with van der Waals surface area (Å²) in [6.07, 6.45) is 7.35. The Morgan fingerprint density at radius 2 is 2.42 bits per heavy atom. The van der Waals surface area contributed by atoms with Crippen molar-refractivity contribution in [3.05, 3.63) is 17.7 Å². The zero-order valence-corrected chi connectivity index (χ0v) is 11.5. The van der Waals surface area contributed by atoms with Crippen LogP contribution in [0.5, 0.6) is 0 Å². The lowest BCUT2D eigenvalue weighted by Crippen LogP contribution is -2.48. The van der Waals surface area contributed by atoms with Crippen LogP contribution in [0.1, 0.15) is 44.0 Å². The van der Waals surface area contributed by atoms with Gasteiger partial charge in [0, 0.05) is 19.5 Å². The topological polar surface area (TPSA) is 69.8 Å². The van der Waals surface area contributed by atoms with Gasteiger partial charge in [0.25, 0.3) is 0 Å². The summed E-state index contributed by atoms with van der Waals surface area (Å²) in [5.41, 5.74) is 2.54. The molecule has 1 unspecified atom stereocenters. The minimum atomic E-state index is -0.131. The molecule has 2 aliphatic rings. The van der Waals surface area contributed by atoms with E-state index in [9.17, 15) is 4.79 Å². The Labute approximate surface area is 113 Å². The number of imidazole rings is 1. The molecule has 104 valence electrons. The Hall–Kier alpha value is -1.36. The first kappa shape index (κ1) is 12.7. The van der Waals surface area contributed by atoms with Crippen LogP contribution in [0.15, 0.2) is 6.33 Å². The normalized spacial score (nSPS) is 23.7. The van der Waals surface area contributed by atoms with Gasteiger partial charge in [-0.05, 0) is 24.7 Å². The molecule has 0 radical (unpaired) electrons. The van der Waals surface area contributed by atoms with Crippen LogP contribution in [0, 0.1) is 5.41 Å². The van der Waals surface area contributed by atoms with Gasteiger partial charge in [-0.1, -0.05) is 13.3 Å². The molecule has 1 aliphatic heterocycles. The SMILES string of the molecule is CCCC1(CNC(=O)C2Cc3nc[nH]c3CN2)CC1. The lowest BCUT2D eigenvalue weighted by molar-refractivity contribution is -0.123. The number of nitrogens with one attached hydrogen (secondary N) is 3.